The van der Waals surface area contributed by atoms with E-state index in [1.807, 2.05) is 75.4 Å². The smallest absolute Gasteiger partial charge is 0.240 e. The van der Waals surface area contributed by atoms with E-state index >= 15 is 0 Å². The van der Waals surface area contributed by atoms with E-state index in [0.717, 1.165) is 43.8 Å². The number of hydrogen-bond donors (Lipinski definition) is 1. The van der Waals surface area contributed by atoms with Crippen molar-refractivity contribution in [3.8, 4) is 5.75 Å². The number of fused-ring (bicyclic) bond motifs is 1. The Morgan fingerprint density at radius 2 is 1.61 bits per heavy atom. The van der Waals surface area contributed by atoms with Crippen molar-refractivity contribution < 1.29 is 17.9 Å². The summed E-state index contributed by atoms with van der Waals surface area (Å²) in [6, 6.07) is 17.6. The summed E-state index contributed by atoms with van der Waals surface area (Å²) in [6.45, 7) is 5.93. The van der Waals surface area contributed by atoms with Crippen molar-refractivity contribution in [2.75, 3.05) is 30.3 Å². The fourth-order valence-corrected chi connectivity index (χ4v) is 4.70. The molecule has 3 aromatic rings. The van der Waals surface area contributed by atoms with E-state index in [2.05, 4.69) is 5.32 Å². The van der Waals surface area contributed by atoms with Gasteiger partial charge in [-0.1, -0.05) is 48.0 Å². The monoisotopic (exact) mass is 440 g/mol. The minimum atomic E-state index is -3.62. The first kappa shape index (κ1) is 22.6. The Balaban J connectivity index is 1.60. The Morgan fingerprint density at radius 1 is 0.968 bits per heavy atom. The molecule has 7 heteroatoms. The van der Waals surface area contributed by atoms with E-state index < -0.39 is 10.0 Å². The van der Waals surface area contributed by atoms with Gasteiger partial charge in [-0.05, 0) is 54.8 Å². The van der Waals surface area contributed by atoms with Crippen LogP contribution in [-0.4, -0.2) is 40.3 Å². The summed E-state index contributed by atoms with van der Waals surface area (Å²) in [5, 5.41) is 4.95. The zero-order valence-corrected chi connectivity index (χ0v) is 19.1. The van der Waals surface area contributed by atoms with Crippen LogP contribution in [0.25, 0.3) is 10.8 Å². The summed E-state index contributed by atoms with van der Waals surface area (Å²) in [7, 11) is -3.62. The summed E-state index contributed by atoms with van der Waals surface area (Å²) in [5.74, 6) is 0.337. The Bertz CT molecular complexity index is 1180. The fourth-order valence-electron chi connectivity index (χ4n) is 3.73. The molecular weight excluding hydrogens is 412 g/mol. The first-order chi connectivity index (χ1) is 14.6. The van der Waals surface area contributed by atoms with Crippen molar-refractivity contribution in [2.24, 2.45) is 0 Å². The summed E-state index contributed by atoms with van der Waals surface area (Å²) in [5.41, 5.74) is 3.23. The minimum absolute atomic E-state index is 0.273. The SMILES string of the molecule is Cc1cc(C)c(N(CC(=O)NCCOc2ccc3ccccc3c2)S(C)(=O)=O)c(C)c1. The van der Waals surface area contributed by atoms with Crippen LogP contribution in [-0.2, 0) is 14.8 Å². The molecule has 0 unspecified atom stereocenters. The number of rotatable bonds is 8. The molecule has 0 bridgehead atoms. The van der Waals surface area contributed by atoms with E-state index in [-0.39, 0.29) is 25.6 Å². The van der Waals surface area contributed by atoms with Crippen LogP contribution in [0.15, 0.2) is 54.6 Å². The summed E-state index contributed by atoms with van der Waals surface area (Å²) in [6.07, 6.45) is 1.11. The highest BCUT2D eigenvalue weighted by Gasteiger charge is 2.24. The van der Waals surface area contributed by atoms with E-state index in [1.54, 1.807) is 0 Å². The number of ether oxygens (including phenoxy) is 1. The molecule has 0 aliphatic rings. The van der Waals surface area contributed by atoms with Gasteiger partial charge in [0.25, 0.3) is 0 Å². The molecule has 6 nitrogen and oxygen atoms in total. The molecule has 0 aliphatic heterocycles. The topological polar surface area (TPSA) is 75.7 Å². The Hall–Kier alpha value is -3.06. The highest BCUT2D eigenvalue weighted by molar-refractivity contribution is 7.92. The Kier molecular flexibility index (Phi) is 6.85. The average molecular weight is 441 g/mol. The molecular formula is C24H28N2O4S. The molecule has 0 radical (unpaired) electrons. The second kappa shape index (κ2) is 9.39. The van der Waals surface area contributed by atoms with E-state index in [4.69, 9.17) is 4.74 Å². The lowest BCUT2D eigenvalue weighted by molar-refractivity contribution is -0.119. The van der Waals surface area contributed by atoms with Gasteiger partial charge >= 0.3 is 0 Å². The third-order valence-corrected chi connectivity index (χ3v) is 6.10. The van der Waals surface area contributed by atoms with E-state index in [0.29, 0.717) is 5.69 Å². The van der Waals surface area contributed by atoms with Crippen molar-refractivity contribution in [3.05, 3.63) is 71.3 Å². The van der Waals surface area contributed by atoms with Gasteiger partial charge < -0.3 is 10.1 Å². The number of nitrogens with zero attached hydrogens (tertiary/aromatic N) is 1. The molecule has 0 saturated carbocycles. The van der Waals surface area contributed by atoms with Gasteiger partial charge in [0, 0.05) is 0 Å². The molecule has 0 aliphatic carbocycles. The third-order valence-electron chi connectivity index (χ3n) is 4.99. The molecule has 0 spiro atoms. The van der Waals surface area contributed by atoms with Gasteiger partial charge in [0.05, 0.1) is 18.5 Å². The van der Waals surface area contributed by atoms with Gasteiger partial charge in [0.15, 0.2) is 0 Å². The lowest BCUT2D eigenvalue weighted by Gasteiger charge is -2.26. The van der Waals surface area contributed by atoms with Crippen molar-refractivity contribution in [2.45, 2.75) is 20.8 Å². The molecule has 0 atom stereocenters. The zero-order valence-electron chi connectivity index (χ0n) is 18.3. The lowest BCUT2D eigenvalue weighted by Crippen LogP contribution is -2.42. The molecule has 31 heavy (non-hydrogen) atoms. The van der Waals surface area contributed by atoms with Gasteiger partial charge in [0.1, 0.15) is 18.9 Å². The summed E-state index contributed by atoms with van der Waals surface area (Å²) in [4.78, 5) is 12.5. The molecule has 1 N–H and O–H groups in total. The molecule has 0 aromatic heterocycles. The number of carbonyl (C=O) groups is 1. The van der Waals surface area contributed by atoms with Gasteiger partial charge in [-0.2, -0.15) is 0 Å². The van der Waals surface area contributed by atoms with Gasteiger partial charge in [-0.15, -0.1) is 0 Å². The molecule has 164 valence electrons. The maximum absolute atomic E-state index is 12.5. The van der Waals surface area contributed by atoms with Crippen LogP contribution in [0.2, 0.25) is 0 Å². The first-order valence-electron chi connectivity index (χ1n) is 10.1. The van der Waals surface area contributed by atoms with Crippen molar-refractivity contribution in [3.63, 3.8) is 0 Å². The number of hydrogen-bond acceptors (Lipinski definition) is 4. The number of nitrogens with one attached hydrogen (secondary N) is 1. The van der Waals surface area contributed by atoms with Crippen molar-refractivity contribution >= 4 is 32.4 Å². The lowest BCUT2D eigenvalue weighted by atomic mass is 10.1. The third kappa shape index (κ3) is 5.76. The first-order valence-corrected chi connectivity index (χ1v) is 11.9. The average Bonchev–Trinajstić information content (AvgIpc) is 2.69. The highest BCUT2D eigenvalue weighted by atomic mass is 32.2. The van der Waals surface area contributed by atoms with Crippen molar-refractivity contribution in [1.82, 2.24) is 5.32 Å². The predicted molar refractivity (Wildman–Crippen MR) is 125 cm³/mol. The van der Waals surface area contributed by atoms with Crippen molar-refractivity contribution in [1.29, 1.82) is 0 Å². The number of aryl methyl sites for hydroxylation is 3. The van der Waals surface area contributed by atoms with Crippen LogP contribution in [0.5, 0.6) is 5.75 Å². The van der Waals surface area contributed by atoms with Gasteiger partial charge in [-0.3, -0.25) is 9.10 Å². The normalized spacial score (nSPS) is 11.4. The number of sulfonamides is 1. The number of anilines is 1. The maximum atomic E-state index is 12.5. The van der Waals surface area contributed by atoms with Gasteiger partial charge in [0.2, 0.25) is 15.9 Å². The minimum Gasteiger partial charge on any atom is -0.492 e. The number of benzene rings is 3. The van der Waals surface area contributed by atoms with Gasteiger partial charge in [-0.25, -0.2) is 8.42 Å². The van der Waals surface area contributed by atoms with Crippen LogP contribution < -0.4 is 14.4 Å². The van der Waals surface area contributed by atoms with Crippen LogP contribution in [0, 0.1) is 20.8 Å². The van der Waals surface area contributed by atoms with E-state index in [1.165, 1.54) is 0 Å². The second-order valence-electron chi connectivity index (χ2n) is 7.72. The number of carbonyl (C=O) groups excluding carboxylic acids is 1. The molecule has 0 fully saturated rings. The molecule has 3 aromatic carbocycles. The van der Waals surface area contributed by atoms with E-state index in [9.17, 15) is 13.2 Å². The largest absolute Gasteiger partial charge is 0.492 e. The Morgan fingerprint density at radius 3 is 2.26 bits per heavy atom. The van der Waals surface area contributed by atoms with Crippen LogP contribution in [0.3, 0.4) is 0 Å². The van der Waals surface area contributed by atoms with Crippen LogP contribution >= 0.6 is 0 Å². The predicted octanol–water partition coefficient (Wildman–Crippen LogP) is 3.73. The molecule has 1 amide bonds. The molecule has 0 heterocycles. The quantitative estimate of drug-likeness (QED) is 0.542. The molecule has 3 rings (SSSR count). The zero-order chi connectivity index (χ0) is 22.6. The fraction of sp³-hybridized carbons (Fsp3) is 0.292. The highest BCUT2D eigenvalue weighted by Crippen LogP contribution is 2.28. The standard InChI is InChI=1S/C24H28N2O4S/c1-17-13-18(2)24(19(3)14-17)26(31(4,28)29)16-23(27)25-11-12-30-22-10-9-20-7-5-6-8-21(20)15-22/h5-10,13-15H,11-12,16H2,1-4H3,(H,25,27). The maximum Gasteiger partial charge on any atom is 0.240 e. The van der Waals surface area contributed by atoms with Crippen LogP contribution in [0.4, 0.5) is 5.69 Å². The Labute approximate surface area is 183 Å². The summed E-state index contributed by atoms with van der Waals surface area (Å²) < 4.78 is 31.7. The second-order valence-corrected chi connectivity index (χ2v) is 9.63. The molecule has 0 saturated heterocycles. The summed E-state index contributed by atoms with van der Waals surface area (Å²) >= 11 is 0. The number of amides is 1. The van der Waals surface area contributed by atoms with Crippen LogP contribution in [0.1, 0.15) is 16.7 Å².